The van der Waals surface area contributed by atoms with Gasteiger partial charge in [-0.1, -0.05) is 31.0 Å². The molecule has 2 rings (SSSR count). The third kappa shape index (κ3) is 4.86. The molecule has 2 aromatic rings. The predicted octanol–water partition coefficient (Wildman–Crippen LogP) is 4.70. The molecule has 0 bridgehead atoms. The van der Waals surface area contributed by atoms with E-state index in [0.29, 0.717) is 18.4 Å². The minimum atomic E-state index is -0.882. The van der Waals surface area contributed by atoms with E-state index in [1.54, 1.807) is 6.07 Å². The molecular formula is C18H18ClN5O3. The Hall–Kier alpha value is -2.86. The number of nitrogens with two attached hydrogens (primary N) is 1. The monoisotopic (exact) mass is 387 g/mol. The summed E-state index contributed by atoms with van der Waals surface area (Å²) in [6, 6.07) is 9.81. The van der Waals surface area contributed by atoms with Crippen LogP contribution in [-0.2, 0) is 0 Å². The van der Waals surface area contributed by atoms with Crippen molar-refractivity contribution in [1.82, 2.24) is 0 Å². The molecular weight excluding hydrogens is 370 g/mol. The van der Waals surface area contributed by atoms with Crippen LogP contribution in [0.1, 0.15) is 36.9 Å². The average molecular weight is 388 g/mol. The number of aliphatic hydroxyl groups excluding tert-OH is 1. The predicted molar refractivity (Wildman–Crippen MR) is 101 cm³/mol. The van der Waals surface area contributed by atoms with Crippen molar-refractivity contribution < 1.29 is 10.0 Å². The van der Waals surface area contributed by atoms with E-state index in [1.807, 2.05) is 13.0 Å². The maximum Gasteiger partial charge on any atom is 0.271 e. The molecule has 0 spiro atoms. The van der Waals surface area contributed by atoms with Crippen LogP contribution < -0.4 is 5.73 Å². The van der Waals surface area contributed by atoms with E-state index in [1.165, 1.54) is 30.3 Å². The third-order valence-corrected chi connectivity index (χ3v) is 4.24. The van der Waals surface area contributed by atoms with Gasteiger partial charge in [-0.15, -0.1) is 0 Å². The molecule has 0 fully saturated rings. The number of benzene rings is 2. The minimum Gasteiger partial charge on any atom is -0.391 e. The van der Waals surface area contributed by atoms with Crippen molar-refractivity contribution in [1.29, 1.82) is 5.26 Å². The molecule has 0 aromatic heterocycles. The van der Waals surface area contributed by atoms with Crippen LogP contribution >= 0.6 is 11.6 Å². The number of azo groups is 1. The lowest BCUT2D eigenvalue weighted by Gasteiger charge is -2.21. The number of rotatable bonds is 7. The van der Waals surface area contributed by atoms with Crippen molar-refractivity contribution in [3.8, 4) is 6.07 Å². The highest BCUT2D eigenvalue weighted by Gasteiger charge is 2.24. The van der Waals surface area contributed by atoms with Crippen LogP contribution in [0.2, 0.25) is 5.02 Å². The Bertz CT molecular complexity index is 910. The lowest BCUT2D eigenvalue weighted by Crippen LogP contribution is -2.27. The summed E-state index contributed by atoms with van der Waals surface area (Å²) in [7, 11) is 0. The Morgan fingerprint density at radius 2 is 2.11 bits per heavy atom. The first-order valence-corrected chi connectivity index (χ1v) is 8.59. The van der Waals surface area contributed by atoms with Crippen molar-refractivity contribution in [2.45, 2.75) is 31.9 Å². The van der Waals surface area contributed by atoms with Gasteiger partial charge in [0.2, 0.25) is 0 Å². The van der Waals surface area contributed by atoms with Gasteiger partial charge in [-0.3, -0.25) is 10.1 Å². The lowest BCUT2D eigenvalue weighted by atomic mass is 9.93. The summed E-state index contributed by atoms with van der Waals surface area (Å²) < 4.78 is 0. The van der Waals surface area contributed by atoms with E-state index in [2.05, 4.69) is 10.2 Å². The molecule has 0 heterocycles. The van der Waals surface area contributed by atoms with Crippen LogP contribution in [0, 0.1) is 21.4 Å². The molecule has 0 saturated carbocycles. The van der Waals surface area contributed by atoms with Gasteiger partial charge in [0.25, 0.3) is 5.69 Å². The van der Waals surface area contributed by atoms with E-state index in [-0.39, 0.29) is 27.6 Å². The standard InChI is InChI=1S/C18H18ClN5O3/c1-2-4-16(25)18(21)17-13(10-20)14(19)7-8-15(17)23-22-11-5-3-6-12(9-11)24(26)27/h3,5-9,16,18,25H,2,4,21H2,1H3. The van der Waals surface area contributed by atoms with Crippen molar-refractivity contribution in [3.63, 3.8) is 0 Å². The number of nitro benzene ring substituents is 1. The van der Waals surface area contributed by atoms with Crippen molar-refractivity contribution in [3.05, 3.63) is 62.7 Å². The average Bonchev–Trinajstić information content (AvgIpc) is 2.66. The fourth-order valence-electron chi connectivity index (χ4n) is 2.57. The Balaban J connectivity index is 2.49. The Morgan fingerprint density at radius 3 is 2.74 bits per heavy atom. The highest BCUT2D eigenvalue weighted by Crippen LogP contribution is 2.35. The van der Waals surface area contributed by atoms with Gasteiger partial charge in [-0.2, -0.15) is 15.5 Å². The lowest BCUT2D eigenvalue weighted by molar-refractivity contribution is -0.384. The first-order valence-electron chi connectivity index (χ1n) is 8.21. The highest BCUT2D eigenvalue weighted by atomic mass is 35.5. The van der Waals surface area contributed by atoms with Gasteiger partial charge in [0.1, 0.15) is 6.07 Å². The quantitative estimate of drug-likeness (QED) is 0.403. The summed E-state index contributed by atoms with van der Waals surface area (Å²) in [6.45, 7) is 1.90. The molecule has 3 N–H and O–H groups in total. The SMILES string of the molecule is CCCC(O)C(N)c1c(N=Nc2cccc([N+](=O)[O-])c2)ccc(Cl)c1C#N. The summed E-state index contributed by atoms with van der Waals surface area (Å²) in [5.74, 6) is 0. The van der Waals surface area contributed by atoms with E-state index in [0.717, 1.165) is 0 Å². The normalized spacial score (nSPS) is 13.3. The number of halogens is 1. The van der Waals surface area contributed by atoms with E-state index < -0.39 is 17.1 Å². The third-order valence-electron chi connectivity index (χ3n) is 3.93. The smallest absolute Gasteiger partial charge is 0.271 e. The van der Waals surface area contributed by atoms with Crippen LogP contribution in [0.4, 0.5) is 17.1 Å². The molecule has 0 aliphatic heterocycles. The number of hydrogen-bond acceptors (Lipinski definition) is 7. The molecule has 0 saturated heterocycles. The second-order valence-electron chi connectivity index (χ2n) is 5.83. The fourth-order valence-corrected chi connectivity index (χ4v) is 2.78. The van der Waals surface area contributed by atoms with Crippen LogP contribution in [-0.4, -0.2) is 16.1 Å². The fraction of sp³-hybridized carbons (Fsp3) is 0.278. The Kier molecular flexibility index (Phi) is 6.96. The summed E-state index contributed by atoms with van der Waals surface area (Å²) in [4.78, 5) is 10.3. The number of nitriles is 1. The number of non-ortho nitro benzene ring substituents is 1. The molecule has 2 unspecified atom stereocenters. The van der Waals surface area contributed by atoms with Crippen molar-refractivity contribution >= 4 is 28.7 Å². The largest absolute Gasteiger partial charge is 0.391 e. The van der Waals surface area contributed by atoms with Gasteiger partial charge in [0.15, 0.2) is 0 Å². The molecule has 0 amide bonds. The molecule has 0 aliphatic carbocycles. The number of nitrogens with zero attached hydrogens (tertiary/aromatic N) is 4. The van der Waals surface area contributed by atoms with Gasteiger partial charge >= 0.3 is 0 Å². The summed E-state index contributed by atoms with van der Waals surface area (Å²) >= 11 is 6.09. The number of aliphatic hydroxyl groups is 1. The molecule has 9 heteroatoms. The summed E-state index contributed by atoms with van der Waals surface area (Å²) in [5, 5.41) is 38.9. The summed E-state index contributed by atoms with van der Waals surface area (Å²) in [5.41, 5.74) is 6.99. The summed E-state index contributed by atoms with van der Waals surface area (Å²) in [6.07, 6.45) is 0.273. The Morgan fingerprint density at radius 1 is 1.37 bits per heavy atom. The van der Waals surface area contributed by atoms with Crippen molar-refractivity contribution in [2.24, 2.45) is 16.0 Å². The zero-order valence-corrected chi connectivity index (χ0v) is 15.3. The van der Waals surface area contributed by atoms with Crippen molar-refractivity contribution in [2.75, 3.05) is 0 Å². The van der Waals surface area contributed by atoms with Gasteiger partial charge in [0, 0.05) is 17.7 Å². The zero-order valence-electron chi connectivity index (χ0n) is 14.5. The van der Waals surface area contributed by atoms with E-state index >= 15 is 0 Å². The molecule has 27 heavy (non-hydrogen) atoms. The number of nitro groups is 1. The van der Waals surface area contributed by atoms with Crippen LogP contribution in [0.15, 0.2) is 46.6 Å². The highest BCUT2D eigenvalue weighted by molar-refractivity contribution is 6.32. The first kappa shape index (κ1) is 20.5. The second kappa shape index (κ2) is 9.19. The minimum absolute atomic E-state index is 0.115. The second-order valence-corrected chi connectivity index (χ2v) is 6.23. The van der Waals surface area contributed by atoms with E-state index in [9.17, 15) is 20.5 Å². The van der Waals surface area contributed by atoms with Gasteiger partial charge in [-0.25, -0.2) is 0 Å². The molecule has 2 aromatic carbocycles. The molecule has 2 atom stereocenters. The molecule has 0 aliphatic rings. The molecule has 8 nitrogen and oxygen atoms in total. The van der Waals surface area contributed by atoms with Crippen LogP contribution in [0.25, 0.3) is 0 Å². The van der Waals surface area contributed by atoms with Gasteiger partial charge in [-0.05, 0) is 24.6 Å². The molecule has 0 radical (unpaired) electrons. The first-order chi connectivity index (χ1) is 12.9. The van der Waals surface area contributed by atoms with Gasteiger partial charge in [0.05, 0.1) is 39.0 Å². The van der Waals surface area contributed by atoms with Crippen LogP contribution in [0.3, 0.4) is 0 Å². The Labute approximate surface area is 161 Å². The van der Waals surface area contributed by atoms with Gasteiger partial charge < -0.3 is 10.8 Å². The topological polar surface area (TPSA) is 138 Å². The molecule has 140 valence electrons. The van der Waals surface area contributed by atoms with Crippen LogP contribution in [0.5, 0.6) is 0 Å². The number of hydrogen-bond donors (Lipinski definition) is 2. The van der Waals surface area contributed by atoms with E-state index in [4.69, 9.17) is 17.3 Å². The maximum atomic E-state index is 10.9. The maximum absolute atomic E-state index is 10.9. The zero-order chi connectivity index (χ0) is 20.0.